The van der Waals surface area contributed by atoms with E-state index in [2.05, 4.69) is 73.2 Å². The molecule has 5 aromatic heterocycles. The molecule has 5 aromatic rings. The van der Waals surface area contributed by atoms with E-state index in [1.807, 2.05) is 35.5 Å². The second-order valence-electron chi connectivity index (χ2n) is 9.22. The maximum Gasteiger partial charge on any atom is 0.137 e. The second kappa shape index (κ2) is 8.87. The van der Waals surface area contributed by atoms with Crippen molar-refractivity contribution < 1.29 is 0 Å². The Bertz CT molecular complexity index is 1420. The molecule has 0 spiro atoms. The van der Waals surface area contributed by atoms with Gasteiger partial charge in [-0.3, -0.25) is 4.98 Å². The molecule has 0 aromatic carbocycles. The predicted octanol–water partition coefficient (Wildman–Crippen LogP) is 4.02. The Morgan fingerprint density at radius 3 is 2.85 bits per heavy atom. The number of fused-ring (bicyclic) bond motifs is 1. The highest BCUT2D eigenvalue weighted by atomic mass is 15.4. The van der Waals surface area contributed by atoms with E-state index < -0.39 is 0 Å². The average Bonchev–Trinajstić information content (AvgIpc) is 3.55. The molecule has 8 nitrogen and oxygen atoms in total. The third-order valence-electron chi connectivity index (χ3n) is 6.66. The van der Waals surface area contributed by atoms with E-state index in [9.17, 15) is 0 Å². The Balaban J connectivity index is 1.15. The molecule has 172 valence electrons. The van der Waals surface area contributed by atoms with Crippen LogP contribution in [0.1, 0.15) is 36.2 Å². The van der Waals surface area contributed by atoms with Crippen LogP contribution < -0.4 is 5.32 Å². The summed E-state index contributed by atoms with van der Waals surface area (Å²) in [4.78, 5) is 9.17. The lowest BCUT2D eigenvalue weighted by Crippen LogP contribution is -2.26. The Labute approximate surface area is 198 Å². The molecule has 0 radical (unpaired) electrons. The summed E-state index contributed by atoms with van der Waals surface area (Å²) in [7, 11) is 0. The molecule has 1 fully saturated rings. The van der Waals surface area contributed by atoms with Gasteiger partial charge >= 0.3 is 0 Å². The van der Waals surface area contributed by atoms with Crippen LogP contribution in [0.4, 0.5) is 0 Å². The van der Waals surface area contributed by atoms with Crippen molar-refractivity contribution in [1.29, 1.82) is 0 Å². The maximum absolute atomic E-state index is 4.76. The fourth-order valence-corrected chi connectivity index (χ4v) is 4.52. The monoisotopic (exact) mass is 452 g/mol. The number of aryl methyl sites for hydroxylation is 1. The van der Waals surface area contributed by atoms with Gasteiger partial charge in [-0.1, -0.05) is 17.7 Å². The van der Waals surface area contributed by atoms with Crippen LogP contribution in [0.25, 0.3) is 22.6 Å². The first-order chi connectivity index (χ1) is 16.7. The molecule has 0 atom stereocenters. The van der Waals surface area contributed by atoms with Gasteiger partial charge in [0.25, 0.3) is 0 Å². The SMILES string of the molecule is Cc1cccn1-c1cncc(-c2cn(Cc3cn4cc(CNCC5CCC5)ccc4n3)nn2)c1. The maximum atomic E-state index is 4.76. The zero-order valence-electron chi connectivity index (χ0n) is 19.3. The summed E-state index contributed by atoms with van der Waals surface area (Å²) in [6.07, 6.45) is 16.0. The fourth-order valence-electron chi connectivity index (χ4n) is 4.52. The topological polar surface area (TPSA) is 77.9 Å². The van der Waals surface area contributed by atoms with Crippen LogP contribution in [0, 0.1) is 12.8 Å². The fraction of sp³-hybridized carbons (Fsp3) is 0.308. The number of aromatic nitrogens is 7. The Morgan fingerprint density at radius 2 is 2.03 bits per heavy atom. The van der Waals surface area contributed by atoms with Gasteiger partial charge in [0, 0.05) is 42.6 Å². The van der Waals surface area contributed by atoms with Gasteiger partial charge in [0.15, 0.2) is 0 Å². The minimum Gasteiger partial charge on any atom is -0.320 e. The molecule has 5 heterocycles. The van der Waals surface area contributed by atoms with Crippen LogP contribution >= 0.6 is 0 Å². The zero-order valence-corrected chi connectivity index (χ0v) is 19.3. The van der Waals surface area contributed by atoms with E-state index in [0.717, 1.165) is 53.0 Å². The van der Waals surface area contributed by atoms with E-state index >= 15 is 0 Å². The highest BCUT2D eigenvalue weighted by Crippen LogP contribution is 2.25. The summed E-state index contributed by atoms with van der Waals surface area (Å²) in [6.45, 7) is 4.65. The lowest BCUT2D eigenvalue weighted by molar-refractivity contribution is 0.301. The smallest absolute Gasteiger partial charge is 0.137 e. The highest BCUT2D eigenvalue weighted by Gasteiger charge is 2.16. The van der Waals surface area contributed by atoms with Crippen molar-refractivity contribution in [2.75, 3.05) is 6.54 Å². The molecule has 1 aliphatic carbocycles. The van der Waals surface area contributed by atoms with E-state index in [-0.39, 0.29) is 0 Å². The van der Waals surface area contributed by atoms with Crippen molar-refractivity contribution in [3.05, 3.63) is 84.5 Å². The first-order valence-corrected chi connectivity index (χ1v) is 11.9. The third-order valence-corrected chi connectivity index (χ3v) is 6.66. The lowest BCUT2D eigenvalue weighted by Gasteiger charge is -2.25. The van der Waals surface area contributed by atoms with Crippen LogP contribution in [-0.4, -0.2) is 40.5 Å². The van der Waals surface area contributed by atoms with Crippen molar-refractivity contribution in [2.45, 2.75) is 39.3 Å². The van der Waals surface area contributed by atoms with E-state index in [0.29, 0.717) is 6.54 Å². The molecule has 0 bridgehead atoms. The van der Waals surface area contributed by atoms with Gasteiger partial charge in [-0.2, -0.15) is 0 Å². The number of imidazole rings is 1. The lowest BCUT2D eigenvalue weighted by atomic mass is 9.85. The van der Waals surface area contributed by atoms with Gasteiger partial charge in [-0.25, -0.2) is 9.67 Å². The highest BCUT2D eigenvalue weighted by molar-refractivity contribution is 5.59. The molecule has 0 unspecified atom stereocenters. The first-order valence-electron chi connectivity index (χ1n) is 11.9. The molecule has 34 heavy (non-hydrogen) atoms. The van der Waals surface area contributed by atoms with Crippen molar-refractivity contribution >= 4 is 5.65 Å². The van der Waals surface area contributed by atoms with E-state index in [1.165, 1.54) is 24.8 Å². The molecule has 8 heteroatoms. The van der Waals surface area contributed by atoms with Gasteiger partial charge < -0.3 is 14.3 Å². The summed E-state index contributed by atoms with van der Waals surface area (Å²) in [5.74, 6) is 0.868. The van der Waals surface area contributed by atoms with Gasteiger partial charge in [0.1, 0.15) is 11.3 Å². The molecular weight excluding hydrogens is 424 g/mol. The zero-order chi connectivity index (χ0) is 22.9. The molecule has 1 saturated carbocycles. The van der Waals surface area contributed by atoms with Crippen LogP contribution in [0.5, 0.6) is 0 Å². The van der Waals surface area contributed by atoms with Crippen LogP contribution in [-0.2, 0) is 13.1 Å². The Hall–Kier alpha value is -3.78. The standard InChI is InChI=1S/C26H28N8/c1-19-4-3-9-34(19)24-10-22(13-28-14-24)25-18-33(31-30-25)17-23-16-32-15-21(7-8-26(32)29-23)12-27-11-20-5-2-6-20/h3-4,7-10,13-16,18,20,27H,2,5-6,11-12,17H2,1H3. The first kappa shape index (κ1) is 20.8. The molecule has 0 saturated heterocycles. The Kier molecular flexibility index (Phi) is 5.43. The largest absolute Gasteiger partial charge is 0.320 e. The van der Waals surface area contributed by atoms with E-state index in [4.69, 9.17) is 4.98 Å². The summed E-state index contributed by atoms with van der Waals surface area (Å²) in [6, 6.07) is 10.4. The van der Waals surface area contributed by atoms with Crippen LogP contribution in [0.2, 0.25) is 0 Å². The number of nitrogens with zero attached hydrogens (tertiary/aromatic N) is 7. The normalized spacial score (nSPS) is 14.0. The summed E-state index contributed by atoms with van der Waals surface area (Å²) in [5.41, 5.74) is 7.06. The molecule has 0 amide bonds. The molecular formula is C26H28N8. The van der Waals surface area contributed by atoms with Gasteiger partial charge in [-0.05, 0) is 62.1 Å². The molecule has 0 aliphatic heterocycles. The van der Waals surface area contributed by atoms with Crippen molar-refractivity contribution in [3.63, 3.8) is 0 Å². The summed E-state index contributed by atoms with van der Waals surface area (Å²) >= 11 is 0. The molecule has 1 aliphatic rings. The Morgan fingerprint density at radius 1 is 1.09 bits per heavy atom. The van der Waals surface area contributed by atoms with Gasteiger partial charge in [0.05, 0.1) is 30.3 Å². The van der Waals surface area contributed by atoms with E-state index in [1.54, 1.807) is 0 Å². The number of hydrogen-bond donors (Lipinski definition) is 1. The number of pyridine rings is 2. The molecule has 6 rings (SSSR count). The number of hydrogen-bond acceptors (Lipinski definition) is 5. The summed E-state index contributed by atoms with van der Waals surface area (Å²) < 4.78 is 6.03. The van der Waals surface area contributed by atoms with Crippen LogP contribution in [0.15, 0.2) is 67.5 Å². The van der Waals surface area contributed by atoms with Gasteiger partial charge in [0.2, 0.25) is 0 Å². The quantitative estimate of drug-likeness (QED) is 0.385. The minimum absolute atomic E-state index is 0.563. The van der Waals surface area contributed by atoms with Crippen LogP contribution in [0.3, 0.4) is 0 Å². The average molecular weight is 453 g/mol. The number of nitrogens with one attached hydrogen (secondary N) is 1. The summed E-state index contributed by atoms with van der Waals surface area (Å²) in [5, 5.41) is 12.3. The molecule has 1 N–H and O–H groups in total. The van der Waals surface area contributed by atoms with Crippen molar-refractivity contribution in [2.24, 2.45) is 5.92 Å². The number of rotatable bonds is 8. The third kappa shape index (κ3) is 4.24. The van der Waals surface area contributed by atoms with Crippen molar-refractivity contribution in [1.82, 2.24) is 39.2 Å². The minimum atomic E-state index is 0.563. The second-order valence-corrected chi connectivity index (χ2v) is 9.22. The van der Waals surface area contributed by atoms with Crippen molar-refractivity contribution in [3.8, 4) is 16.9 Å². The predicted molar refractivity (Wildman–Crippen MR) is 131 cm³/mol. The van der Waals surface area contributed by atoms with Gasteiger partial charge in [-0.15, -0.1) is 5.10 Å².